The van der Waals surface area contributed by atoms with Gasteiger partial charge in [0.1, 0.15) is 17.7 Å². The van der Waals surface area contributed by atoms with E-state index in [9.17, 15) is 22.0 Å². The quantitative estimate of drug-likeness (QED) is 0.483. The monoisotopic (exact) mass is 479 g/mol. The van der Waals surface area contributed by atoms with Crippen molar-refractivity contribution in [2.45, 2.75) is 32.7 Å². The van der Waals surface area contributed by atoms with Crippen LogP contribution in [0.5, 0.6) is 11.8 Å². The number of halogens is 2. The first-order valence-corrected chi connectivity index (χ1v) is 11.8. The van der Waals surface area contributed by atoms with Crippen molar-refractivity contribution >= 4 is 21.6 Å². The van der Waals surface area contributed by atoms with E-state index in [1.807, 2.05) is 32.0 Å². The molecular weight excluding hydrogens is 456 g/mol. The molecule has 11 heteroatoms. The van der Waals surface area contributed by atoms with E-state index < -0.39 is 39.3 Å². The molecule has 1 aromatic heterocycles. The number of anilines is 1. The van der Waals surface area contributed by atoms with Gasteiger partial charge in [-0.1, -0.05) is 26.0 Å². The van der Waals surface area contributed by atoms with Gasteiger partial charge in [0.15, 0.2) is 17.3 Å². The van der Waals surface area contributed by atoms with Gasteiger partial charge in [-0.25, -0.2) is 17.2 Å². The number of aromatic nitrogens is 1. The summed E-state index contributed by atoms with van der Waals surface area (Å²) in [5.41, 5.74) is 0.263. The van der Waals surface area contributed by atoms with Crippen molar-refractivity contribution in [1.29, 1.82) is 0 Å². The average molecular weight is 480 g/mol. The lowest BCUT2D eigenvalue weighted by atomic mass is 10.0. The number of rotatable bonds is 8. The molecule has 1 atom stereocenters. The maximum absolute atomic E-state index is 14.2. The van der Waals surface area contributed by atoms with E-state index in [2.05, 4.69) is 10.3 Å². The fourth-order valence-electron chi connectivity index (χ4n) is 2.93. The van der Waals surface area contributed by atoms with E-state index in [4.69, 9.17) is 9.15 Å². The van der Waals surface area contributed by atoms with Crippen LogP contribution in [0.2, 0.25) is 0 Å². The van der Waals surface area contributed by atoms with Crippen molar-refractivity contribution in [3.8, 4) is 11.8 Å². The Bertz CT molecular complexity index is 1250. The van der Waals surface area contributed by atoms with Crippen LogP contribution in [0.25, 0.3) is 0 Å². The van der Waals surface area contributed by atoms with Gasteiger partial charge < -0.3 is 14.5 Å². The summed E-state index contributed by atoms with van der Waals surface area (Å²) >= 11 is 0. The summed E-state index contributed by atoms with van der Waals surface area (Å²) in [6, 6.07) is 8.39. The molecule has 0 aliphatic carbocycles. The third-order valence-corrected chi connectivity index (χ3v) is 5.22. The zero-order valence-electron chi connectivity index (χ0n) is 18.3. The van der Waals surface area contributed by atoms with Gasteiger partial charge in [0.2, 0.25) is 10.0 Å². The molecule has 176 valence electrons. The molecule has 3 rings (SSSR count). The van der Waals surface area contributed by atoms with Gasteiger partial charge >= 0.3 is 6.08 Å². The number of amides is 1. The van der Waals surface area contributed by atoms with Crippen molar-refractivity contribution in [1.82, 2.24) is 10.3 Å². The van der Waals surface area contributed by atoms with Crippen LogP contribution >= 0.6 is 0 Å². The van der Waals surface area contributed by atoms with Crippen LogP contribution < -0.4 is 14.8 Å². The van der Waals surface area contributed by atoms with Gasteiger partial charge in [-0.3, -0.25) is 9.52 Å². The predicted molar refractivity (Wildman–Crippen MR) is 118 cm³/mol. The van der Waals surface area contributed by atoms with E-state index >= 15 is 0 Å². The molecule has 0 saturated heterocycles. The molecular formula is C22H23F2N3O5S. The smallest absolute Gasteiger partial charge is 0.399 e. The second-order valence-corrected chi connectivity index (χ2v) is 9.51. The Balaban J connectivity index is 1.69. The zero-order chi connectivity index (χ0) is 24.3. The third-order valence-electron chi connectivity index (χ3n) is 4.65. The van der Waals surface area contributed by atoms with Crippen LogP contribution in [-0.4, -0.2) is 25.6 Å². The highest BCUT2D eigenvalue weighted by molar-refractivity contribution is 7.92. The van der Waals surface area contributed by atoms with Gasteiger partial charge in [-0.05, 0) is 48.2 Å². The lowest BCUT2D eigenvalue weighted by Gasteiger charge is -2.15. The first kappa shape index (κ1) is 24.2. The maximum Gasteiger partial charge on any atom is 0.399 e. The van der Waals surface area contributed by atoms with E-state index in [0.717, 1.165) is 30.2 Å². The molecule has 2 aromatic carbocycles. The molecule has 0 aliphatic heterocycles. The summed E-state index contributed by atoms with van der Waals surface area (Å²) in [4.78, 5) is 16.5. The number of benzene rings is 2. The number of nitrogens with zero attached hydrogens (tertiary/aromatic N) is 1. The lowest BCUT2D eigenvalue weighted by molar-refractivity contribution is 0.0934. The summed E-state index contributed by atoms with van der Waals surface area (Å²) in [5, 5.41) is 2.55. The molecule has 0 saturated carbocycles. The Labute approximate surface area is 190 Å². The van der Waals surface area contributed by atoms with Gasteiger partial charge in [0, 0.05) is 0 Å². The largest absolute Gasteiger partial charge is 0.416 e. The second kappa shape index (κ2) is 9.57. The Morgan fingerprint density at radius 1 is 1.09 bits per heavy atom. The summed E-state index contributed by atoms with van der Waals surface area (Å²) < 4.78 is 63.5. The van der Waals surface area contributed by atoms with Gasteiger partial charge in [-0.15, -0.1) is 0 Å². The molecule has 3 aromatic rings. The Morgan fingerprint density at radius 3 is 2.36 bits per heavy atom. The summed E-state index contributed by atoms with van der Waals surface area (Å²) in [7, 11) is -3.87. The van der Waals surface area contributed by atoms with Gasteiger partial charge in [0.05, 0.1) is 12.3 Å². The average Bonchev–Trinajstić information content (AvgIpc) is 3.18. The number of nitrogens with one attached hydrogen (secondary N) is 2. The molecule has 0 aliphatic rings. The predicted octanol–water partition coefficient (Wildman–Crippen LogP) is 4.73. The van der Waals surface area contributed by atoms with Crippen molar-refractivity contribution in [3.05, 3.63) is 71.1 Å². The second-order valence-electron chi connectivity index (χ2n) is 7.76. The Morgan fingerprint density at radius 2 is 1.76 bits per heavy atom. The highest BCUT2D eigenvalue weighted by atomic mass is 32.2. The highest BCUT2D eigenvalue weighted by Crippen LogP contribution is 2.27. The van der Waals surface area contributed by atoms with Gasteiger partial charge in [-0.2, -0.15) is 4.98 Å². The van der Waals surface area contributed by atoms with E-state index in [-0.39, 0.29) is 17.3 Å². The number of carbonyl (C=O) groups is 1. The Hall–Kier alpha value is -3.47. The van der Waals surface area contributed by atoms with Crippen LogP contribution in [0.4, 0.5) is 14.5 Å². The molecule has 1 heterocycles. The minimum absolute atomic E-state index is 0.0860. The summed E-state index contributed by atoms with van der Waals surface area (Å²) in [5.74, 6) is -2.09. The van der Waals surface area contributed by atoms with Gasteiger partial charge in [0.25, 0.3) is 5.91 Å². The highest BCUT2D eigenvalue weighted by Gasteiger charge is 2.20. The molecule has 1 amide bonds. The van der Waals surface area contributed by atoms with Crippen LogP contribution in [-0.2, 0) is 10.0 Å². The topological polar surface area (TPSA) is 111 Å². The zero-order valence-corrected chi connectivity index (χ0v) is 19.2. The van der Waals surface area contributed by atoms with E-state index in [1.54, 1.807) is 10.8 Å². The number of hydrogen-bond acceptors (Lipinski definition) is 6. The molecule has 8 nitrogen and oxygen atoms in total. The first-order valence-electron chi connectivity index (χ1n) is 9.94. The number of oxazole rings is 1. The standard InChI is InChI=1S/C22H23F2N3O5S/c1-12(2)14-6-5-7-16(8-14)32-22-26-19(11-31-22)21(28)25-13(3)15-9-17(23)20(18(24)10-15)27-33(4,29)30/h5-13,27H,1-4H3,(H,25,28)/t13-/m1/s1. The van der Waals surface area contributed by atoms with Crippen molar-refractivity contribution in [2.24, 2.45) is 0 Å². The normalized spacial score (nSPS) is 12.5. The number of hydrogen-bond donors (Lipinski definition) is 2. The van der Waals surface area contributed by atoms with Crippen LogP contribution in [0.15, 0.2) is 47.1 Å². The van der Waals surface area contributed by atoms with Crippen LogP contribution in [0, 0.1) is 11.6 Å². The summed E-state index contributed by atoms with van der Waals surface area (Å²) in [6.07, 6.45) is 1.74. The molecule has 0 fully saturated rings. The molecule has 33 heavy (non-hydrogen) atoms. The third kappa shape index (κ3) is 6.28. The number of sulfonamides is 1. The molecule has 0 unspecified atom stereocenters. The fourth-order valence-corrected chi connectivity index (χ4v) is 3.49. The molecule has 0 radical (unpaired) electrons. The van der Waals surface area contributed by atoms with Crippen molar-refractivity contribution in [2.75, 3.05) is 11.0 Å². The molecule has 0 spiro atoms. The Kier molecular flexibility index (Phi) is 7.01. The molecule has 0 bridgehead atoms. The summed E-state index contributed by atoms with van der Waals surface area (Å²) in [6.45, 7) is 5.59. The number of carbonyl (C=O) groups excluding carboxylic acids is 1. The van der Waals surface area contributed by atoms with E-state index in [0.29, 0.717) is 11.7 Å². The number of ether oxygens (including phenoxy) is 1. The minimum atomic E-state index is -3.87. The SMILES string of the molecule is CC(C)c1cccc(Oc2nc(C(=O)N[C@H](C)c3cc(F)c(NS(C)(=O)=O)c(F)c3)co2)c1. The van der Waals surface area contributed by atoms with Crippen molar-refractivity contribution in [3.63, 3.8) is 0 Å². The van der Waals surface area contributed by atoms with Crippen LogP contribution in [0.1, 0.15) is 54.3 Å². The fraction of sp³-hybridized carbons (Fsp3) is 0.273. The first-order chi connectivity index (χ1) is 15.4. The minimum Gasteiger partial charge on any atom is -0.416 e. The maximum atomic E-state index is 14.2. The van der Waals surface area contributed by atoms with Crippen molar-refractivity contribution < 1.29 is 31.1 Å². The van der Waals surface area contributed by atoms with Crippen LogP contribution in [0.3, 0.4) is 0 Å². The van der Waals surface area contributed by atoms with E-state index in [1.165, 1.54) is 6.92 Å². The molecule has 2 N–H and O–H groups in total. The lowest BCUT2D eigenvalue weighted by Crippen LogP contribution is -2.27.